The minimum atomic E-state index is -0.476. The molecule has 1 saturated carbocycles. The third kappa shape index (κ3) is 5.50. The summed E-state index contributed by atoms with van der Waals surface area (Å²) >= 11 is 0. The highest BCUT2D eigenvalue weighted by Gasteiger charge is 2.26. The second kappa shape index (κ2) is 6.97. The lowest BCUT2D eigenvalue weighted by Crippen LogP contribution is -2.40. The van der Waals surface area contributed by atoms with Gasteiger partial charge in [-0.1, -0.05) is 0 Å². The Morgan fingerprint density at radius 2 is 2.12 bits per heavy atom. The number of rotatable bonds is 8. The van der Waals surface area contributed by atoms with Crippen LogP contribution in [-0.2, 0) is 9.53 Å². The van der Waals surface area contributed by atoms with Crippen molar-refractivity contribution in [2.75, 3.05) is 19.7 Å². The Labute approximate surface area is 104 Å². The molecule has 2 N–H and O–H groups in total. The summed E-state index contributed by atoms with van der Waals surface area (Å²) in [4.78, 5) is 13.8. The zero-order valence-corrected chi connectivity index (χ0v) is 11.3. The third-order valence-electron chi connectivity index (χ3n) is 3.24. The number of nitrogens with two attached hydrogens (primary N) is 1. The topological polar surface area (TPSA) is 55.6 Å². The van der Waals surface area contributed by atoms with Crippen LogP contribution in [0.1, 0.15) is 40.0 Å². The minimum absolute atomic E-state index is 0.275. The van der Waals surface area contributed by atoms with Crippen molar-refractivity contribution < 1.29 is 9.53 Å². The zero-order valence-electron chi connectivity index (χ0n) is 11.3. The molecule has 0 bridgehead atoms. The quantitative estimate of drug-likeness (QED) is 0.653. The maximum absolute atomic E-state index is 11.4. The monoisotopic (exact) mass is 242 g/mol. The zero-order chi connectivity index (χ0) is 12.8. The van der Waals surface area contributed by atoms with Gasteiger partial charge in [0.15, 0.2) is 0 Å². The number of esters is 1. The van der Waals surface area contributed by atoms with Gasteiger partial charge in [-0.05, 0) is 46.0 Å². The summed E-state index contributed by atoms with van der Waals surface area (Å²) in [5, 5.41) is 0. The number of hydrogen-bond acceptors (Lipinski definition) is 4. The first kappa shape index (κ1) is 14.5. The van der Waals surface area contributed by atoms with Gasteiger partial charge in [0.25, 0.3) is 0 Å². The van der Waals surface area contributed by atoms with Crippen LogP contribution < -0.4 is 5.73 Å². The summed E-state index contributed by atoms with van der Waals surface area (Å²) in [5.41, 5.74) is 5.80. The molecule has 1 fully saturated rings. The van der Waals surface area contributed by atoms with Gasteiger partial charge in [0.1, 0.15) is 6.04 Å². The van der Waals surface area contributed by atoms with E-state index < -0.39 is 6.04 Å². The fourth-order valence-corrected chi connectivity index (χ4v) is 1.86. The fraction of sp³-hybridized carbons (Fsp3) is 0.923. The molecule has 0 spiro atoms. The molecular formula is C13H26N2O2. The maximum Gasteiger partial charge on any atom is 0.322 e. The largest absolute Gasteiger partial charge is 0.465 e. The van der Waals surface area contributed by atoms with E-state index in [2.05, 4.69) is 18.7 Å². The van der Waals surface area contributed by atoms with Crippen LogP contribution in [-0.4, -0.2) is 42.6 Å². The van der Waals surface area contributed by atoms with Gasteiger partial charge in [-0.3, -0.25) is 4.79 Å². The Bertz CT molecular complexity index is 240. The molecule has 1 unspecified atom stereocenters. The molecule has 0 aromatic heterocycles. The van der Waals surface area contributed by atoms with E-state index in [1.807, 2.05) is 0 Å². The molecule has 0 aromatic rings. The van der Waals surface area contributed by atoms with Crippen molar-refractivity contribution in [1.29, 1.82) is 0 Å². The average Bonchev–Trinajstić information content (AvgIpc) is 3.07. The van der Waals surface area contributed by atoms with Gasteiger partial charge in [0, 0.05) is 19.1 Å². The fourth-order valence-electron chi connectivity index (χ4n) is 1.86. The second-order valence-electron chi connectivity index (χ2n) is 5.18. The van der Waals surface area contributed by atoms with E-state index in [9.17, 15) is 4.79 Å². The van der Waals surface area contributed by atoms with Crippen LogP contribution in [0, 0.1) is 5.92 Å². The molecular weight excluding hydrogens is 216 g/mol. The van der Waals surface area contributed by atoms with Crippen molar-refractivity contribution in [3.8, 4) is 0 Å². The lowest BCUT2D eigenvalue weighted by molar-refractivity contribution is -0.144. The Kier molecular flexibility index (Phi) is 5.92. The lowest BCUT2D eigenvalue weighted by Gasteiger charge is -2.27. The van der Waals surface area contributed by atoms with Gasteiger partial charge in [0.05, 0.1) is 6.61 Å². The van der Waals surface area contributed by atoms with Crippen molar-refractivity contribution in [1.82, 2.24) is 4.90 Å². The van der Waals surface area contributed by atoms with Crippen molar-refractivity contribution in [3.63, 3.8) is 0 Å². The molecule has 0 aliphatic heterocycles. The van der Waals surface area contributed by atoms with Crippen molar-refractivity contribution in [2.24, 2.45) is 11.7 Å². The Balaban J connectivity index is 2.26. The van der Waals surface area contributed by atoms with Crippen LogP contribution in [0.25, 0.3) is 0 Å². The summed E-state index contributed by atoms with van der Waals surface area (Å²) in [6.45, 7) is 8.62. The van der Waals surface area contributed by atoms with Crippen LogP contribution in [0.15, 0.2) is 0 Å². The van der Waals surface area contributed by atoms with Crippen LogP contribution in [0.2, 0.25) is 0 Å². The lowest BCUT2D eigenvalue weighted by atomic mass is 10.2. The molecule has 0 aromatic carbocycles. The molecule has 0 saturated heterocycles. The molecule has 0 amide bonds. The van der Waals surface area contributed by atoms with Crippen molar-refractivity contribution >= 4 is 5.97 Å². The van der Waals surface area contributed by atoms with E-state index in [4.69, 9.17) is 10.5 Å². The normalized spacial score (nSPS) is 17.5. The second-order valence-corrected chi connectivity index (χ2v) is 5.18. The van der Waals surface area contributed by atoms with Crippen LogP contribution in [0.4, 0.5) is 0 Å². The number of nitrogens with zero attached hydrogens (tertiary/aromatic N) is 1. The molecule has 1 aliphatic rings. The maximum atomic E-state index is 11.4. The first-order valence-corrected chi connectivity index (χ1v) is 6.70. The molecule has 4 heteroatoms. The number of carbonyl (C=O) groups is 1. The Hall–Kier alpha value is -0.610. The van der Waals surface area contributed by atoms with Gasteiger partial charge in [0.2, 0.25) is 0 Å². The van der Waals surface area contributed by atoms with E-state index in [0.717, 1.165) is 19.0 Å². The van der Waals surface area contributed by atoms with Gasteiger partial charge in [-0.2, -0.15) is 0 Å². The van der Waals surface area contributed by atoms with Crippen molar-refractivity contribution in [2.45, 2.75) is 52.1 Å². The van der Waals surface area contributed by atoms with Gasteiger partial charge < -0.3 is 15.4 Å². The van der Waals surface area contributed by atoms with Gasteiger partial charge >= 0.3 is 5.97 Å². The van der Waals surface area contributed by atoms with E-state index in [-0.39, 0.29) is 5.97 Å². The Morgan fingerprint density at radius 1 is 1.47 bits per heavy atom. The number of ether oxygens (including phenoxy) is 1. The molecule has 1 rings (SSSR count). The molecule has 1 aliphatic carbocycles. The number of hydrogen-bond donors (Lipinski definition) is 1. The summed E-state index contributed by atoms with van der Waals surface area (Å²) in [6, 6.07) is 0.0420. The first-order chi connectivity index (χ1) is 8.04. The highest BCUT2D eigenvalue weighted by molar-refractivity contribution is 5.75. The van der Waals surface area contributed by atoms with E-state index in [0.29, 0.717) is 19.1 Å². The summed E-state index contributed by atoms with van der Waals surface area (Å²) in [6.07, 6.45) is 3.39. The molecule has 17 heavy (non-hydrogen) atoms. The predicted molar refractivity (Wildman–Crippen MR) is 68.7 cm³/mol. The van der Waals surface area contributed by atoms with E-state index in [1.165, 1.54) is 12.8 Å². The standard InChI is InChI=1S/C13H26N2O2/c1-4-17-13(16)12(14)7-8-15(10(2)3)9-11-5-6-11/h10-12H,4-9,14H2,1-3H3. The number of carbonyl (C=O) groups excluding carboxylic acids is 1. The summed E-state index contributed by atoms with van der Waals surface area (Å²) < 4.78 is 4.91. The molecule has 1 atom stereocenters. The molecule has 0 radical (unpaired) electrons. The van der Waals surface area contributed by atoms with Crippen LogP contribution >= 0.6 is 0 Å². The molecule has 4 nitrogen and oxygen atoms in total. The van der Waals surface area contributed by atoms with Gasteiger partial charge in [-0.25, -0.2) is 0 Å². The first-order valence-electron chi connectivity index (χ1n) is 6.70. The highest BCUT2D eigenvalue weighted by atomic mass is 16.5. The van der Waals surface area contributed by atoms with Crippen LogP contribution in [0.3, 0.4) is 0 Å². The summed E-state index contributed by atoms with van der Waals surface area (Å²) in [5.74, 6) is 0.596. The summed E-state index contributed by atoms with van der Waals surface area (Å²) in [7, 11) is 0. The van der Waals surface area contributed by atoms with Crippen molar-refractivity contribution in [3.05, 3.63) is 0 Å². The average molecular weight is 242 g/mol. The SMILES string of the molecule is CCOC(=O)C(N)CCN(CC1CC1)C(C)C. The Morgan fingerprint density at radius 3 is 2.59 bits per heavy atom. The molecule has 0 heterocycles. The van der Waals surface area contributed by atoms with E-state index in [1.54, 1.807) is 6.92 Å². The van der Waals surface area contributed by atoms with E-state index >= 15 is 0 Å². The molecule has 100 valence electrons. The minimum Gasteiger partial charge on any atom is -0.465 e. The highest BCUT2D eigenvalue weighted by Crippen LogP contribution is 2.30. The predicted octanol–water partition coefficient (Wildman–Crippen LogP) is 1.39. The third-order valence-corrected chi connectivity index (χ3v) is 3.24. The van der Waals surface area contributed by atoms with Crippen LogP contribution in [0.5, 0.6) is 0 Å². The van der Waals surface area contributed by atoms with Gasteiger partial charge in [-0.15, -0.1) is 0 Å². The smallest absolute Gasteiger partial charge is 0.322 e.